The van der Waals surface area contributed by atoms with Crippen LogP contribution in [0.25, 0.3) is 10.6 Å². The van der Waals surface area contributed by atoms with Crippen LogP contribution in [0.4, 0.5) is 28.9 Å². The largest absolute Gasteiger partial charge is 0.781 e. The van der Waals surface area contributed by atoms with Gasteiger partial charge in [0.2, 0.25) is 0 Å². The van der Waals surface area contributed by atoms with Gasteiger partial charge in [0.15, 0.2) is 23.3 Å². The summed E-state index contributed by atoms with van der Waals surface area (Å²) in [6, 6.07) is 17.9. The van der Waals surface area contributed by atoms with Crippen LogP contribution in [-0.4, -0.2) is 0 Å². The molecule has 0 amide bonds. The predicted octanol–water partition coefficient (Wildman–Crippen LogP) is 8.25. The molecule has 0 aliphatic heterocycles. The predicted molar refractivity (Wildman–Crippen MR) is 128 cm³/mol. The SMILES string of the molecule is Fc1cccc(C([N-]c2ccccc2[S-])C([N-]c2ccccc2[S-])c2cccc(F)c2F)c1F.[Ni]. The van der Waals surface area contributed by atoms with Crippen LogP contribution in [0.3, 0.4) is 0 Å². The van der Waals surface area contributed by atoms with Crippen molar-refractivity contribution in [2.75, 3.05) is 0 Å². The molecule has 0 spiro atoms. The number of nitrogens with zero attached hydrogens (tertiary/aromatic N) is 2. The maximum Gasteiger partial charge on any atom is 0.160 e. The van der Waals surface area contributed by atoms with Crippen LogP contribution >= 0.6 is 0 Å². The van der Waals surface area contributed by atoms with Gasteiger partial charge in [0.25, 0.3) is 0 Å². The molecule has 2 nitrogen and oxygen atoms in total. The molecule has 0 bridgehead atoms. The number of hydrogen-bond acceptors (Lipinski definition) is 2. The van der Waals surface area contributed by atoms with Crippen molar-refractivity contribution in [2.24, 2.45) is 0 Å². The monoisotopic (exact) mass is 554 g/mol. The van der Waals surface area contributed by atoms with E-state index in [1.165, 1.54) is 24.3 Å². The van der Waals surface area contributed by atoms with E-state index in [1.807, 2.05) is 0 Å². The van der Waals surface area contributed by atoms with E-state index in [2.05, 4.69) is 10.6 Å². The Kier molecular flexibility index (Phi) is 8.94. The third-order valence-corrected chi connectivity index (χ3v) is 5.88. The quantitative estimate of drug-likeness (QED) is 0.131. The molecule has 2 unspecified atom stereocenters. The molecule has 9 heteroatoms. The van der Waals surface area contributed by atoms with Crippen molar-refractivity contribution in [3.63, 3.8) is 0 Å². The number of rotatable bonds is 7. The number of hydrogen-bond donors (Lipinski definition) is 0. The Balaban J connectivity index is 0.00000342. The van der Waals surface area contributed by atoms with Crippen molar-refractivity contribution in [3.8, 4) is 0 Å². The molecular formula is C26H16F4N2NiS2-4. The zero-order chi connectivity index (χ0) is 24.2. The molecule has 0 fully saturated rings. The van der Waals surface area contributed by atoms with Crippen LogP contribution in [0.5, 0.6) is 0 Å². The molecule has 0 aromatic heterocycles. The van der Waals surface area contributed by atoms with Gasteiger partial charge in [-0.05, 0) is 23.3 Å². The summed E-state index contributed by atoms with van der Waals surface area (Å²) in [5.74, 6) is -4.54. The summed E-state index contributed by atoms with van der Waals surface area (Å²) in [6.45, 7) is 0. The van der Waals surface area contributed by atoms with Gasteiger partial charge in [-0.15, -0.1) is 0 Å². The third-order valence-electron chi connectivity index (χ3n) is 5.19. The summed E-state index contributed by atoms with van der Waals surface area (Å²) < 4.78 is 58.6. The summed E-state index contributed by atoms with van der Waals surface area (Å²) in [6.07, 6.45) is 0. The third kappa shape index (κ3) is 5.86. The van der Waals surface area contributed by atoms with Crippen LogP contribution in [0, 0.1) is 23.3 Å². The zero-order valence-electron chi connectivity index (χ0n) is 17.8. The van der Waals surface area contributed by atoms with Gasteiger partial charge >= 0.3 is 0 Å². The van der Waals surface area contributed by atoms with E-state index in [1.54, 1.807) is 48.5 Å². The van der Waals surface area contributed by atoms with Gasteiger partial charge in [0, 0.05) is 16.5 Å². The van der Waals surface area contributed by atoms with Gasteiger partial charge in [0.1, 0.15) is 0 Å². The van der Waals surface area contributed by atoms with Crippen molar-refractivity contribution in [2.45, 2.75) is 21.9 Å². The Morgan fingerprint density at radius 3 is 1.26 bits per heavy atom. The summed E-state index contributed by atoms with van der Waals surface area (Å²) in [7, 11) is 0. The molecule has 184 valence electrons. The molecule has 0 radical (unpaired) electrons. The summed E-state index contributed by atoms with van der Waals surface area (Å²) in [4.78, 5) is 0.706. The van der Waals surface area contributed by atoms with Crippen LogP contribution in [0.1, 0.15) is 23.2 Å². The zero-order valence-corrected chi connectivity index (χ0v) is 20.4. The van der Waals surface area contributed by atoms with E-state index < -0.39 is 35.4 Å². The van der Waals surface area contributed by atoms with Gasteiger partial charge in [-0.25, -0.2) is 17.6 Å². The second-order valence-electron chi connectivity index (χ2n) is 7.37. The summed E-state index contributed by atoms with van der Waals surface area (Å²) >= 11 is 10.7. The van der Waals surface area contributed by atoms with E-state index in [-0.39, 0.29) is 27.6 Å². The molecule has 4 aromatic rings. The fourth-order valence-corrected chi connectivity index (χ4v) is 3.94. The number of benzene rings is 4. The van der Waals surface area contributed by atoms with E-state index in [0.717, 1.165) is 12.1 Å². The van der Waals surface area contributed by atoms with E-state index in [0.29, 0.717) is 21.2 Å². The van der Waals surface area contributed by atoms with Crippen molar-refractivity contribution in [1.29, 1.82) is 0 Å². The molecule has 0 aliphatic carbocycles. The Morgan fingerprint density at radius 2 is 0.886 bits per heavy atom. The Hall–Kier alpha value is -2.87. The fourth-order valence-electron chi connectivity index (χ4n) is 3.55. The van der Waals surface area contributed by atoms with Crippen LogP contribution in [-0.2, 0) is 41.7 Å². The van der Waals surface area contributed by atoms with Crippen molar-refractivity contribution < 1.29 is 34.1 Å². The number of halogens is 4. The first-order valence-corrected chi connectivity index (χ1v) is 11.0. The maximum atomic E-state index is 15.0. The minimum Gasteiger partial charge on any atom is -0.781 e. The topological polar surface area (TPSA) is 28.2 Å². The standard InChI is InChI=1S/C26H18F4N2S2.Ni/c27-17-9-5-7-15(23(17)29)25(31-19-11-1-3-13-21(19)33)26(16-8-6-10-18(28)24(16)30)32-20-12-2-4-14-22(20)34;/h1-14,25-26,33-34H;/q-2;/p-2. The molecule has 0 N–H and O–H groups in total. The second kappa shape index (κ2) is 11.7. The van der Waals surface area contributed by atoms with Crippen LogP contribution in [0.2, 0.25) is 0 Å². The van der Waals surface area contributed by atoms with E-state index in [4.69, 9.17) is 25.3 Å². The first-order chi connectivity index (χ1) is 16.4. The first-order valence-electron chi connectivity index (χ1n) is 10.2. The minimum atomic E-state index is -1.29. The average molecular weight is 555 g/mol. The van der Waals surface area contributed by atoms with Gasteiger partial charge in [0.05, 0.1) is 0 Å². The van der Waals surface area contributed by atoms with Crippen molar-refractivity contribution in [1.82, 2.24) is 0 Å². The van der Waals surface area contributed by atoms with Crippen LogP contribution < -0.4 is 0 Å². The molecule has 0 heterocycles. The van der Waals surface area contributed by atoms with Gasteiger partial charge in [-0.1, -0.05) is 84.9 Å². The van der Waals surface area contributed by atoms with Gasteiger partial charge in [-0.2, -0.15) is 21.2 Å². The van der Waals surface area contributed by atoms with E-state index in [9.17, 15) is 8.78 Å². The average Bonchev–Trinajstić information content (AvgIpc) is 2.82. The maximum absolute atomic E-state index is 15.0. The Morgan fingerprint density at radius 1 is 0.514 bits per heavy atom. The molecular weight excluding hydrogens is 539 g/mol. The fraction of sp³-hybridized carbons (Fsp3) is 0.0769. The van der Waals surface area contributed by atoms with Gasteiger partial charge in [-0.3, -0.25) is 0 Å². The smallest absolute Gasteiger partial charge is 0.160 e. The van der Waals surface area contributed by atoms with Crippen molar-refractivity contribution in [3.05, 3.63) is 130 Å². The first kappa shape index (κ1) is 26.7. The van der Waals surface area contributed by atoms with E-state index >= 15 is 8.78 Å². The van der Waals surface area contributed by atoms with Gasteiger partial charge < -0.3 is 35.9 Å². The molecule has 0 saturated carbocycles. The number of para-hydroxylation sites is 2. The Labute approximate surface area is 221 Å². The molecule has 4 rings (SSSR count). The minimum absolute atomic E-state index is 0. The molecule has 2 atom stereocenters. The van der Waals surface area contributed by atoms with Crippen LogP contribution in [0.15, 0.2) is 94.7 Å². The second-order valence-corrected chi connectivity index (χ2v) is 8.25. The molecule has 0 aliphatic rings. The summed E-state index contributed by atoms with van der Waals surface area (Å²) in [5, 5.41) is 9.15. The molecule has 35 heavy (non-hydrogen) atoms. The molecule has 4 aromatic carbocycles. The molecule has 0 saturated heterocycles. The Bertz CT molecular complexity index is 1220. The van der Waals surface area contributed by atoms with Crippen molar-refractivity contribution >= 4 is 36.6 Å². The normalized spacial score (nSPS) is 12.3. The summed E-state index contributed by atoms with van der Waals surface area (Å²) in [5.41, 5.74) is 0.236.